The zero-order valence-electron chi connectivity index (χ0n) is 13.9. The fraction of sp³-hybridized carbons (Fsp3) is 0.167. The molecular weight excluding hydrogens is 365 g/mol. The van der Waals surface area contributed by atoms with Gasteiger partial charge in [0.05, 0.1) is 17.2 Å². The van der Waals surface area contributed by atoms with Gasteiger partial charge in [0.2, 0.25) is 0 Å². The molecule has 27 heavy (non-hydrogen) atoms. The predicted octanol–water partition coefficient (Wildman–Crippen LogP) is 3.64. The van der Waals surface area contributed by atoms with Crippen LogP contribution in [0.4, 0.5) is 18.9 Å². The van der Waals surface area contributed by atoms with Gasteiger partial charge in [-0.15, -0.1) is 13.2 Å². The number of esters is 1. The highest BCUT2D eigenvalue weighted by Gasteiger charge is 2.31. The Kier molecular flexibility index (Phi) is 6.03. The van der Waals surface area contributed by atoms with Gasteiger partial charge in [0, 0.05) is 5.69 Å². The molecule has 1 N–H and O–H groups in total. The molecule has 1 amide bonds. The van der Waals surface area contributed by atoms with E-state index >= 15 is 0 Å². The number of carbonyl (C=O) groups excluding carboxylic acids is 2. The first-order chi connectivity index (χ1) is 12.7. The highest BCUT2D eigenvalue weighted by Crippen LogP contribution is 2.24. The summed E-state index contributed by atoms with van der Waals surface area (Å²) < 4.78 is 45.1. The Morgan fingerprint density at radius 1 is 1.07 bits per heavy atom. The fourth-order valence-corrected chi connectivity index (χ4v) is 1.95. The number of nitrogens with zero attached hydrogens (tertiary/aromatic N) is 1. The van der Waals surface area contributed by atoms with E-state index < -0.39 is 30.1 Å². The smallest absolute Gasteiger partial charge is 0.449 e. The lowest BCUT2D eigenvalue weighted by molar-refractivity contribution is -0.274. The average Bonchev–Trinajstić information content (AvgIpc) is 2.62. The first kappa shape index (κ1) is 19.8. The van der Waals surface area contributed by atoms with Crippen molar-refractivity contribution in [3.8, 4) is 11.8 Å². The minimum Gasteiger partial charge on any atom is -0.449 e. The van der Waals surface area contributed by atoms with Gasteiger partial charge in [0.15, 0.2) is 6.10 Å². The Morgan fingerprint density at radius 3 is 2.19 bits per heavy atom. The van der Waals surface area contributed by atoms with E-state index in [0.717, 1.165) is 12.1 Å². The summed E-state index contributed by atoms with van der Waals surface area (Å²) in [6.07, 6.45) is -5.96. The number of ether oxygens (including phenoxy) is 2. The maximum absolute atomic E-state index is 12.1. The summed E-state index contributed by atoms with van der Waals surface area (Å²) in [6, 6.07) is 12.1. The molecule has 0 bridgehead atoms. The third-order valence-electron chi connectivity index (χ3n) is 3.26. The molecule has 2 rings (SSSR count). The maximum atomic E-state index is 12.1. The molecule has 2 aromatic rings. The summed E-state index contributed by atoms with van der Waals surface area (Å²) in [5.74, 6) is -1.85. The van der Waals surface area contributed by atoms with Crippen LogP contribution in [-0.4, -0.2) is 24.3 Å². The molecule has 1 unspecified atom stereocenters. The first-order valence-electron chi connectivity index (χ1n) is 7.56. The van der Waals surface area contributed by atoms with E-state index in [4.69, 9.17) is 10.00 Å². The van der Waals surface area contributed by atoms with E-state index in [-0.39, 0.29) is 11.3 Å². The van der Waals surface area contributed by atoms with Crippen molar-refractivity contribution in [3.63, 3.8) is 0 Å². The van der Waals surface area contributed by atoms with Gasteiger partial charge < -0.3 is 14.8 Å². The summed E-state index contributed by atoms with van der Waals surface area (Å²) in [5.41, 5.74) is 0.744. The highest BCUT2D eigenvalue weighted by atomic mass is 19.4. The first-order valence-corrected chi connectivity index (χ1v) is 7.56. The average molecular weight is 378 g/mol. The molecule has 6 nitrogen and oxygen atoms in total. The normalized spacial score (nSPS) is 11.8. The summed E-state index contributed by atoms with van der Waals surface area (Å²) in [7, 11) is 0. The molecule has 0 radical (unpaired) electrons. The molecule has 2 aromatic carbocycles. The second-order valence-corrected chi connectivity index (χ2v) is 5.30. The molecular formula is C18H13F3N2O4. The number of hydrogen-bond acceptors (Lipinski definition) is 5. The zero-order valence-corrected chi connectivity index (χ0v) is 13.9. The van der Waals surface area contributed by atoms with Crippen molar-refractivity contribution in [2.24, 2.45) is 0 Å². The molecule has 140 valence electrons. The van der Waals surface area contributed by atoms with E-state index in [9.17, 15) is 22.8 Å². The lowest BCUT2D eigenvalue weighted by Crippen LogP contribution is -2.30. The Balaban J connectivity index is 1.92. The Hall–Kier alpha value is -3.54. The fourth-order valence-electron chi connectivity index (χ4n) is 1.95. The van der Waals surface area contributed by atoms with Gasteiger partial charge in [-0.1, -0.05) is 0 Å². The monoisotopic (exact) mass is 378 g/mol. The van der Waals surface area contributed by atoms with Crippen LogP contribution in [0.5, 0.6) is 5.75 Å². The number of alkyl halides is 3. The van der Waals surface area contributed by atoms with Gasteiger partial charge in [0.25, 0.3) is 5.91 Å². The molecule has 0 aliphatic heterocycles. The van der Waals surface area contributed by atoms with Crippen LogP contribution in [0.15, 0.2) is 48.5 Å². The van der Waals surface area contributed by atoms with Gasteiger partial charge >= 0.3 is 12.3 Å². The molecule has 0 spiro atoms. The second-order valence-electron chi connectivity index (χ2n) is 5.30. The number of halogens is 3. The van der Waals surface area contributed by atoms with Crippen LogP contribution in [0.3, 0.4) is 0 Å². The van der Waals surface area contributed by atoms with Crippen LogP contribution in [0.25, 0.3) is 0 Å². The Labute approximate surface area is 152 Å². The molecule has 0 aliphatic rings. The zero-order chi connectivity index (χ0) is 20.0. The number of amides is 1. The minimum atomic E-state index is -4.81. The molecule has 0 saturated heterocycles. The van der Waals surface area contributed by atoms with Crippen molar-refractivity contribution >= 4 is 17.6 Å². The Bertz CT molecular complexity index is 856. The van der Waals surface area contributed by atoms with Gasteiger partial charge in [0.1, 0.15) is 5.75 Å². The summed E-state index contributed by atoms with van der Waals surface area (Å²) in [5, 5.41) is 11.1. The van der Waals surface area contributed by atoms with Crippen molar-refractivity contribution in [1.29, 1.82) is 5.26 Å². The van der Waals surface area contributed by atoms with Crippen LogP contribution >= 0.6 is 0 Å². The van der Waals surface area contributed by atoms with Crippen molar-refractivity contribution in [1.82, 2.24) is 0 Å². The second kappa shape index (κ2) is 8.23. The van der Waals surface area contributed by atoms with Gasteiger partial charge in [-0.3, -0.25) is 4.79 Å². The minimum absolute atomic E-state index is 0.169. The van der Waals surface area contributed by atoms with Crippen molar-refractivity contribution in [3.05, 3.63) is 59.7 Å². The molecule has 0 aromatic heterocycles. The van der Waals surface area contributed by atoms with Crippen LogP contribution in [0.1, 0.15) is 22.8 Å². The summed E-state index contributed by atoms with van der Waals surface area (Å²) in [4.78, 5) is 24.0. The molecule has 9 heteroatoms. The van der Waals surface area contributed by atoms with Crippen molar-refractivity contribution < 1.29 is 32.2 Å². The van der Waals surface area contributed by atoms with E-state index in [1.54, 1.807) is 0 Å². The van der Waals surface area contributed by atoms with Crippen LogP contribution in [-0.2, 0) is 9.53 Å². The SMILES string of the molecule is CC(OC(=O)c1ccc(C#N)cc1)C(=O)Nc1ccc(OC(F)(F)F)cc1. The molecule has 0 fully saturated rings. The van der Waals surface area contributed by atoms with Gasteiger partial charge in [-0.25, -0.2) is 4.79 Å². The third kappa shape index (κ3) is 6.04. The number of benzene rings is 2. The van der Waals surface area contributed by atoms with Gasteiger partial charge in [-0.2, -0.15) is 5.26 Å². The van der Waals surface area contributed by atoms with Gasteiger partial charge in [-0.05, 0) is 55.5 Å². The molecule has 0 heterocycles. The van der Waals surface area contributed by atoms with Crippen LogP contribution < -0.4 is 10.1 Å². The number of rotatable bonds is 5. The van der Waals surface area contributed by atoms with Crippen molar-refractivity contribution in [2.45, 2.75) is 19.4 Å². The van der Waals surface area contributed by atoms with E-state index in [0.29, 0.717) is 5.56 Å². The number of anilines is 1. The van der Waals surface area contributed by atoms with E-state index in [1.807, 2.05) is 6.07 Å². The lowest BCUT2D eigenvalue weighted by Gasteiger charge is -2.14. The summed E-state index contributed by atoms with van der Waals surface area (Å²) >= 11 is 0. The topological polar surface area (TPSA) is 88.4 Å². The molecule has 0 aliphatic carbocycles. The molecule has 0 saturated carbocycles. The maximum Gasteiger partial charge on any atom is 0.573 e. The van der Waals surface area contributed by atoms with Crippen LogP contribution in [0.2, 0.25) is 0 Å². The number of carbonyl (C=O) groups is 2. The lowest BCUT2D eigenvalue weighted by atomic mass is 10.1. The number of nitrogens with one attached hydrogen (secondary N) is 1. The highest BCUT2D eigenvalue weighted by molar-refractivity contribution is 5.97. The third-order valence-corrected chi connectivity index (χ3v) is 3.26. The number of nitriles is 1. The van der Waals surface area contributed by atoms with E-state index in [2.05, 4.69) is 10.1 Å². The quantitative estimate of drug-likeness (QED) is 0.803. The van der Waals surface area contributed by atoms with Crippen molar-refractivity contribution in [2.75, 3.05) is 5.32 Å². The standard InChI is InChI=1S/C18H13F3N2O4/c1-11(26-17(25)13-4-2-12(10-22)3-5-13)16(24)23-14-6-8-15(9-7-14)27-18(19,20)21/h2-9,11H,1H3,(H,23,24). The molecule has 1 atom stereocenters. The Morgan fingerprint density at radius 2 is 1.67 bits per heavy atom. The van der Waals surface area contributed by atoms with E-state index in [1.165, 1.54) is 43.3 Å². The number of hydrogen-bond donors (Lipinski definition) is 1. The summed E-state index contributed by atoms with van der Waals surface area (Å²) in [6.45, 7) is 1.35. The predicted molar refractivity (Wildman–Crippen MR) is 87.8 cm³/mol. The largest absolute Gasteiger partial charge is 0.573 e. The van der Waals surface area contributed by atoms with Crippen LogP contribution in [0, 0.1) is 11.3 Å².